The molecule has 3 aromatic rings. The Kier molecular flexibility index (Phi) is 5.73. The molecule has 150 valence electrons. The molecule has 3 heterocycles. The SMILES string of the molecule is O=C(CCc1nc(-c2ncccn2)no1)NC1CCCN(c2ccccc2F)C1. The van der Waals surface area contributed by atoms with Crippen LogP contribution in [-0.2, 0) is 11.2 Å². The molecular formula is C20H21FN6O2. The van der Waals surface area contributed by atoms with Crippen molar-refractivity contribution in [3.05, 3.63) is 54.4 Å². The molecule has 1 unspecified atom stereocenters. The van der Waals surface area contributed by atoms with E-state index in [1.54, 1.807) is 30.6 Å². The van der Waals surface area contributed by atoms with Crippen LogP contribution in [0.1, 0.15) is 25.2 Å². The Morgan fingerprint density at radius 1 is 1.21 bits per heavy atom. The van der Waals surface area contributed by atoms with Gasteiger partial charge in [-0.1, -0.05) is 17.3 Å². The van der Waals surface area contributed by atoms with E-state index >= 15 is 0 Å². The van der Waals surface area contributed by atoms with Crippen LogP contribution in [0.25, 0.3) is 11.6 Å². The van der Waals surface area contributed by atoms with Crippen LogP contribution in [0.5, 0.6) is 0 Å². The Balaban J connectivity index is 1.29. The second kappa shape index (κ2) is 8.76. The van der Waals surface area contributed by atoms with Crippen LogP contribution in [0.3, 0.4) is 0 Å². The molecule has 0 radical (unpaired) electrons. The van der Waals surface area contributed by atoms with Crippen molar-refractivity contribution < 1.29 is 13.7 Å². The molecule has 0 bridgehead atoms. The van der Waals surface area contributed by atoms with Gasteiger partial charge in [0.25, 0.3) is 0 Å². The van der Waals surface area contributed by atoms with E-state index in [1.807, 2.05) is 11.0 Å². The first kappa shape index (κ1) is 19.0. The number of carbonyl (C=O) groups excluding carboxylic acids is 1. The molecule has 0 aliphatic carbocycles. The van der Waals surface area contributed by atoms with Crippen LogP contribution in [-0.4, -0.2) is 45.1 Å². The van der Waals surface area contributed by atoms with Crippen LogP contribution in [0.2, 0.25) is 0 Å². The third-order valence-corrected chi connectivity index (χ3v) is 4.78. The predicted molar refractivity (Wildman–Crippen MR) is 103 cm³/mol. The summed E-state index contributed by atoms with van der Waals surface area (Å²) in [5.41, 5.74) is 0.577. The van der Waals surface area contributed by atoms with E-state index in [2.05, 4.69) is 25.4 Å². The van der Waals surface area contributed by atoms with Crippen LogP contribution >= 0.6 is 0 Å². The van der Waals surface area contributed by atoms with Crippen molar-refractivity contribution in [3.63, 3.8) is 0 Å². The van der Waals surface area contributed by atoms with Gasteiger partial charge in [0.2, 0.25) is 23.4 Å². The number of benzene rings is 1. The molecule has 1 aromatic carbocycles. The van der Waals surface area contributed by atoms with Gasteiger partial charge in [0.15, 0.2) is 0 Å². The Morgan fingerprint density at radius 3 is 2.86 bits per heavy atom. The highest BCUT2D eigenvalue weighted by Gasteiger charge is 2.23. The highest BCUT2D eigenvalue weighted by Crippen LogP contribution is 2.23. The number of carbonyl (C=O) groups is 1. The lowest BCUT2D eigenvalue weighted by atomic mass is 10.0. The van der Waals surface area contributed by atoms with Crippen LogP contribution in [0.15, 0.2) is 47.2 Å². The zero-order chi connectivity index (χ0) is 20.1. The molecule has 1 aliphatic heterocycles. The summed E-state index contributed by atoms with van der Waals surface area (Å²) in [5, 5.41) is 6.88. The van der Waals surface area contributed by atoms with Gasteiger partial charge in [-0.3, -0.25) is 4.79 Å². The molecule has 1 atom stereocenters. The summed E-state index contributed by atoms with van der Waals surface area (Å²) in [5.74, 6) is 0.700. The van der Waals surface area contributed by atoms with Gasteiger partial charge in [0.1, 0.15) is 5.82 Å². The van der Waals surface area contributed by atoms with Crippen molar-refractivity contribution in [2.75, 3.05) is 18.0 Å². The fourth-order valence-electron chi connectivity index (χ4n) is 3.40. The minimum absolute atomic E-state index is 0.0215. The molecule has 1 saturated heterocycles. The van der Waals surface area contributed by atoms with Crippen LogP contribution < -0.4 is 10.2 Å². The lowest BCUT2D eigenvalue weighted by Gasteiger charge is -2.34. The zero-order valence-electron chi connectivity index (χ0n) is 15.8. The fourth-order valence-corrected chi connectivity index (χ4v) is 3.40. The van der Waals surface area contributed by atoms with E-state index in [-0.39, 0.29) is 24.2 Å². The quantitative estimate of drug-likeness (QED) is 0.683. The van der Waals surface area contributed by atoms with E-state index in [4.69, 9.17) is 4.52 Å². The number of hydrogen-bond donors (Lipinski definition) is 1. The maximum atomic E-state index is 14.0. The van der Waals surface area contributed by atoms with Crippen LogP contribution in [0, 0.1) is 5.82 Å². The van der Waals surface area contributed by atoms with Crippen molar-refractivity contribution in [3.8, 4) is 11.6 Å². The number of amides is 1. The molecule has 0 spiro atoms. The normalized spacial score (nSPS) is 16.6. The second-order valence-corrected chi connectivity index (χ2v) is 6.89. The number of halogens is 1. The van der Waals surface area contributed by atoms with Gasteiger partial charge >= 0.3 is 0 Å². The van der Waals surface area contributed by atoms with Crippen molar-refractivity contribution in [2.45, 2.75) is 31.7 Å². The highest BCUT2D eigenvalue weighted by atomic mass is 19.1. The van der Waals surface area contributed by atoms with Crippen molar-refractivity contribution in [2.24, 2.45) is 0 Å². The Bertz CT molecular complexity index is 964. The van der Waals surface area contributed by atoms with E-state index in [0.29, 0.717) is 36.2 Å². The van der Waals surface area contributed by atoms with Gasteiger partial charge in [-0.2, -0.15) is 4.98 Å². The zero-order valence-corrected chi connectivity index (χ0v) is 15.8. The molecule has 1 amide bonds. The summed E-state index contributed by atoms with van der Waals surface area (Å²) in [6.45, 7) is 1.36. The van der Waals surface area contributed by atoms with Gasteiger partial charge in [0, 0.05) is 44.4 Å². The molecule has 2 aromatic heterocycles. The number of aromatic nitrogens is 4. The Morgan fingerprint density at radius 2 is 2.03 bits per heavy atom. The standard InChI is InChI=1S/C20H21FN6O2/c21-15-6-1-2-7-16(15)27-12-3-5-14(13-27)24-17(28)8-9-18-25-20(26-29-18)19-22-10-4-11-23-19/h1-2,4,6-7,10-11,14H,3,5,8-9,12-13H2,(H,24,28). The van der Waals surface area contributed by atoms with Gasteiger partial charge in [-0.05, 0) is 31.0 Å². The van der Waals surface area contributed by atoms with Gasteiger partial charge in [-0.25, -0.2) is 14.4 Å². The van der Waals surface area contributed by atoms with Gasteiger partial charge in [-0.15, -0.1) is 0 Å². The lowest BCUT2D eigenvalue weighted by Crippen LogP contribution is -2.48. The monoisotopic (exact) mass is 396 g/mol. The van der Waals surface area contributed by atoms with Crippen molar-refractivity contribution >= 4 is 11.6 Å². The maximum absolute atomic E-state index is 14.0. The summed E-state index contributed by atoms with van der Waals surface area (Å²) >= 11 is 0. The summed E-state index contributed by atoms with van der Waals surface area (Å²) in [6, 6.07) is 8.40. The molecule has 4 rings (SSSR count). The summed E-state index contributed by atoms with van der Waals surface area (Å²) in [6.07, 6.45) is 5.51. The largest absolute Gasteiger partial charge is 0.367 e. The summed E-state index contributed by atoms with van der Waals surface area (Å²) in [7, 11) is 0. The predicted octanol–water partition coefficient (Wildman–Crippen LogP) is 2.38. The number of piperidine rings is 1. The first-order valence-corrected chi connectivity index (χ1v) is 9.58. The number of rotatable bonds is 6. The smallest absolute Gasteiger partial charge is 0.240 e. The highest BCUT2D eigenvalue weighted by molar-refractivity contribution is 5.76. The summed E-state index contributed by atoms with van der Waals surface area (Å²) in [4.78, 5) is 26.7. The van der Waals surface area contributed by atoms with Crippen LogP contribution in [0.4, 0.5) is 10.1 Å². The number of anilines is 1. The topological polar surface area (TPSA) is 97.0 Å². The molecule has 9 heteroatoms. The minimum atomic E-state index is -0.242. The third-order valence-electron chi connectivity index (χ3n) is 4.78. The third kappa shape index (κ3) is 4.74. The number of aryl methyl sites for hydroxylation is 1. The summed E-state index contributed by atoms with van der Waals surface area (Å²) < 4.78 is 19.2. The lowest BCUT2D eigenvalue weighted by molar-refractivity contribution is -0.121. The number of hydrogen-bond acceptors (Lipinski definition) is 7. The molecular weight excluding hydrogens is 375 g/mol. The minimum Gasteiger partial charge on any atom is -0.367 e. The Labute approximate surface area is 167 Å². The van der Waals surface area contributed by atoms with Crippen molar-refractivity contribution in [1.29, 1.82) is 0 Å². The molecule has 0 saturated carbocycles. The number of para-hydroxylation sites is 1. The molecule has 1 aliphatic rings. The average molecular weight is 396 g/mol. The fraction of sp³-hybridized carbons (Fsp3) is 0.350. The van der Waals surface area contributed by atoms with E-state index in [9.17, 15) is 9.18 Å². The van der Waals surface area contributed by atoms with E-state index in [1.165, 1.54) is 6.07 Å². The van der Waals surface area contributed by atoms with E-state index in [0.717, 1.165) is 19.4 Å². The first-order chi connectivity index (χ1) is 14.2. The molecule has 1 N–H and O–H groups in total. The van der Waals surface area contributed by atoms with Gasteiger partial charge in [0.05, 0.1) is 5.69 Å². The number of nitrogens with one attached hydrogen (secondary N) is 1. The molecule has 29 heavy (non-hydrogen) atoms. The molecule has 1 fully saturated rings. The van der Waals surface area contributed by atoms with Crippen molar-refractivity contribution in [1.82, 2.24) is 25.4 Å². The maximum Gasteiger partial charge on any atom is 0.240 e. The second-order valence-electron chi connectivity index (χ2n) is 6.89. The first-order valence-electron chi connectivity index (χ1n) is 9.58. The van der Waals surface area contributed by atoms with Gasteiger partial charge < -0.3 is 14.7 Å². The molecule has 8 nitrogen and oxygen atoms in total. The number of nitrogens with zero attached hydrogens (tertiary/aromatic N) is 5. The van der Waals surface area contributed by atoms with E-state index < -0.39 is 0 Å². The Hall–Kier alpha value is -3.36. The average Bonchev–Trinajstić information content (AvgIpc) is 3.23.